The molecule has 122 valence electrons. The van der Waals surface area contributed by atoms with Gasteiger partial charge in [-0.05, 0) is 30.4 Å². The second-order valence-corrected chi connectivity index (χ2v) is 7.90. The average molecular weight is 327 g/mol. The molecule has 1 aliphatic rings. The van der Waals surface area contributed by atoms with Crippen molar-refractivity contribution in [2.24, 2.45) is 5.41 Å². The van der Waals surface area contributed by atoms with E-state index in [1.807, 2.05) is 0 Å². The number of non-ortho nitro benzene ring substituents is 1. The first-order valence-corrected chi connectivity index (χ1v) is 8.86. The lowest BCUT2D eigenvalue weighted by atomic mass is 9.83. The molecule has 0 radical (unpaired) electrons. The van der Waals surface area contributed by atoms with Gasteiger partial charge in [0.1, 0.15) is 0 Å². The minimum atomic E-state index is -3.45. The van der Waals surface area contributed by atoms with Gasteiger partial charge in [0.05, 0.1) is 10.7 Å². The second-order valence-electron chi connectivity index (χ2n) is 6.09. The van der Waals surface area contributed by atoms with E-state index in [0.29, 0.717) is 12.1 Å². The van der Waals surface area contributed by atoms with E-state index in [0.717, 1.165) is 25.9 Å². The number of rotatable bonds is 6. The molecule has 0 spiro atoms. The van der Waals surface area contributed by atoms with Crippen molar-refractivity contribution in [3.63, 3.8) is 0 Å². The summed E-state index contributed by atoms with van der Waals surface area (Å²) in [5.74, 6) is -0.172. The summed E-state index contributed by atoms with van der Waals surface area (Å²) in [4.78, 5) is 10.1. The minimum absolute atomic E-state index is 0.0464. The number of sulfonamides is 1. The minimum Gasteiger partial charge on any atom is -0.316 e. The van der Waals surface area contributed by atoms with Crippen LogP contribution in [0.3, 0.4) is 0 Å². The lowest BCUT2D eigenvalue weighted by molar-refractivity contribution is -0.384. The van der Waals surface area contributed by atoms with Gasteiger partial charge in [-0.15, -0.1) is 0 Å². The standard InChI is InChI=1S/C14H21N3O4S/c1-14(7-2-8-15-10-14)11-16-22(20,21)9-12-3-5-13(6-4-12)17(18)19/h3-6,15-16H,2,7-11H2,1H3. The third-order valence-corrected chi connectivity index (χ3v) is 5.21. The van der Waals surface area contributed by atoms with Crippen molar-refractivity contribution in [3.05, 3.63) is 39.9 Å². The van der Waals surface area contributed by atoms with Crippen molar-refractivity contribution in [3.8, 4) is 0 Å². The van der Waals surface area contributed by atoms with E-state index in [4.69, 9.17) is 0 Å². The van der Waals surface area contributed by atoms with Crippen LogP contribution in [-0.4, -0.2) is 33.0 Å². The van der Waals surface area contributed by atoms with E-state index in [2.05, 4.69) is 17.0 Å². The zero-order chi connectivity index (χ0) is 16.2. The van der Waals surface area contributed by atoms with Gasteiger partial charge in [0.2, 0.25) is 10.0 Å². The molecule has 7 nitrogen and oxygen atoms in total. The Hall–Kier alpha value is -1.51. The van der Waals surface area contributed by atoms with Crippen LogP contribution >= 0.6 is 0 Å². The number of nitro groups is 1. The van der Waals surface area contributed by atoms with Gasteiger partial charge < -0.3 is 5.32 Å². The highest BCUT2D eigenvalue weighted by atomic mass is 32.2. The number of nitro benzene ring substituents is 1. The molecule has 0 amide bonds. The molecule has 1 unspecified atom stereocenters. The molecule has 8 heteroatoms. The summed E-state index contributed by atoms with van der Waals surface area (Å²) in [5, 5.41) is 13.9. The zero-order valence-corrected chi connectivity index (χ0v) is 13.4. The summed E-state index contributed by atoms with van der Waals surface area (Å²) in [7, 11) is -3.45. The number of nitrogens with zero attached hydrogens (tertiary/aromatic N) is 1. The van der Waals surface area contributed by atoms with Gasteiger partial charge in [-0.1, -0.05) is 19.1 Å². The van der Waals surface area contributed by atoms with Crippen LogP contribution in [0.4, 0.5) is 5.69 Å². The maximum atomic E-state index is 12.1. The van der Waals surface area contributed by atoms with Gasteiger partial charge in [-0.2, -0.15) is 0 Å². The van der Waals surface area contributed by atoms with Gasteiger partial charge in [0, 0.05) is 25.2 Å². The second kappa shape index (κ2) is 6.72. The molecule has 0 saturated carbocycles. The molecule has 1 atom stereocenters. The number of hydrogen-bond donors (Lipinski definition) is 2. The molecule has 22 heavy (non-hydrogen) atoms. The predicted molar refractivity (Wildman–Crippen MR) is 83.9 cm³/mol. The van der Waals surface area contributed by atoms with Gasteiger partial charge in [-0.25, -0.2) is 13.1 Å². The third-order valence-electron chi connectivity index (χ3n) is 3.91. The molecule has 1 saturated heterocycles. The summed E-state index contributed by atoms with van der Waals surface area (Å²) in [5.41, 5.74) is 0.417. The van der Waals surface area contributed by atoms with Crippen LogP contribution < -0.4 is 10.0 Å². The lowest BCUT2D eigenvalue weighted by Gasteiger charge is -2.34. The van der Waals surface area contributed by atoms with E-state index in [1.54, 1.807) is 0 Å². The summed E-state index contributed by atoms with van der Waals surface area (Å²) in [6, 6.07) is 5.58. The smallest absolute Gasteiger partial charge is 0.269 e. The zero-order valence-electron chi connectivity index (χ0n) is 12.5. The molecular formula is C14H21N3O4S. The van der Waals surface area contributed by atoms with Crippen LogP contribution in [0.25, 0.3) is 0 Å². The predicted octanol–water partition coefficient (Wildman–Crippen LogP) is 1.40. The SMILES string of the molecule is CC1(CNS(=O)(=O)Cc2ccc([N+](=O)[O-])cc2)CCCNC1. The van der Waals surface area contributed by atoms with E-state index < -0.39 is 14.9 Å². The highest BCUT2D eigenvalue weighted by molar-refractivity contribution is 7.88. The molecule has 0 aliphatic carbocycles. The Balaban J connectivity index is 1.94. The quantitative estimate of drug-likeness (QED) is 0.607. The van der Waals surface area contributed by atoms with Crippen LogP contribution in [0, 0.1) is 15.5 Å². The Labute approximate surface area is 130 Å². The Morgan fingerprint density at radius 1 is 1.36 bits per heavy atom. The molecule has 1 aliphatic heterocycles. The van der Waals surface area contributed by atoms with Gasteiger partial charge in [-0.3, -0.25) is 10.1 Å². The molecule has 2 N–H and O–H groups in total. The number of hydrogen-bond acceptors (Lipinski definition) is 5. The number of nitrogens with one attached hydrogen (secondary N) is 2. The van der Waals surface area contributed by atoms with Crippen LogP contribution in [0.15, 0.2) is 24.3 Å². The van der Waals surface area contributed by atoms with Gasteiger partial charge >= 0.3 is 0 Å². The summed E-state index contributed by atoms with van der Waals surface area (Å²) in [6.45, 7) is 4.24. The largest absolute Gasteiger partial charge is 0.316 e. The molecular weight excluding hydrogens is 306 g/mol. The Morgan fingerprint density at radius 2 is 2.05 bits per heavy atom. The summed E-state index contributed by atoms with van der Waals surface area (Å²) < 4.78 is 26.9. The summed E-state index contributed by atoms with van der Waals surface area (Å²) in [6.07, 6.45) is 2.03. The van der Waals surface area contributed by atoms with Gasteiger partial charge in [0.25, 0.3) is 5.69 Å². The third kappa shape index (κ3) is 4.75. The van der Waals surface area contributed by atoms with Crippen molar-refractivity contribution in [2.45, 2.75) is 25.5 Å². The first-order chi connectivity index (χ1) is 10.3. The van der Waals surface area contributed by atoms with Crippen molar-refractivity contribution in [1.82, 2.24) is 10.0 Å². The Kier molecular flexibility index (Phi) is 5.15. The topological polar surface area (TPSA) is 101 Å². The molecule has 1 aromatic rings. The Bertz CT molecular complexity index is 622. The van der Waals surface area contributed by atoms with Crippen LogP contribution in [0.1, 0.15) is 25.3 Å². The van der Waals surface area contributed by atoms with E-state index in [-0.39, 0.29) is 16.9 Å². The van der Waals surface area contributed by atoms with Crippen molar-refractivity contribution in [2.75, 3.05) is 19.6 Å². The first kappa shape index (κ1) is 16.9. The highest BCUT2D eigenvalue weighted by Gasteiger charge is 2.28. The monoisotopic (exact) mass is 327 g/mol. The van der Waals surface area contributed by atoms with Crippen LogP contribution in [-0.2, 0) is 15.8 Å². The van der Waals surface area contributed by atoms with E-state index in [9.17, 15) is 18.5 Å². The van der Waals surface area contributed by atoms with Crippen LogP contribution in [0.5, 0.6) is 0 Å². The van der Waals surface area contributed by atoms with Crippen molar-refractivity contribution >= 4 is 15.7 Å². The highest BCUT2D eigenvalue weighted by Crippen LogP contribution is 2.24. The molecule has 1 fully saturated rings. The normalized spacial score (nSPS) is 22.4. The number of piperidine rings is 1. The maximum absolute atomic E-state index is 12.1. The average Bonchev–Trinajstić information content (AvgIpc) is 2.46. The molecule has 1 aromatic carbocycles. The fourth-order valence-electron chi connectivity index (χ4n) is 2.54. The van der Waals surface area contributed by atoms with E-state index in [1.165, 1.54) is 24.3 Å². The fraction of sp³-hybridized carbons (Fsp3) is 0.571. The molecule has 0 bridgehead atoms. The number of benzene rings is 1. The van der Waals surface area contributed by atoms with Crippen molar-refractivity contribution < 1.29 is 13.3 Å². The van der Waals surface area contributed by atoms with Crippen LogP contribution in [0.2, 0.25) is 0 Å². The Morgan fingerprint density at radius 3 is 2.59 bits per heavy atom. The van der Waals surface area contributed by atoms with Crippen molar-refractivity contribution in [1.29, 1.82) is 0 Å². The fourth-order valence-corrected chi connectivity index (χ4v) is 3.84. The molecule has 1 heterocycles. The molecule has 2 rings (SSSR count). The molecule has 0 aromatic heterocycles. The summed E-state index contributed by atoms with van der Waals surface area (Å²) >= 11 is 0. The van der Waals surface area contributed by atoms with Gasteiger partial charge in [0.15, 0.2) is 0 Å². The lowest BCUT2D eigenvalue weighted by Crippen LogP contribution is -2.45. The van der Waals surface area contributed by atoms with E-state index >= 15 is 0 Å². The maximum Gasteiger partial charge on any atom is 0.269 e. The first-order valence-electron chi connectivity index (χ1n) is 7.21.